The highest BCUT2D eigenvalue weighted by Gasteiger charge is 2.17. The van der Waals surface area contributed by atoms with E-state index in [4.69, 9.17) is 0 Å². The molecule has 2 heterocycles. The van der Waals surface area contributed by atoms with E-state index in [0.29, 0.717) is 5.92 Å². The minimum absolute atomic E-state index is 0.0769. The van der Waals surface area contributed by atoms with Crippen LogP contribution >= 0.6 is 0 Å². The monoisotopic (exact) mass is 256 g/mol. The highest BCUT2D eigenvalue weighted by molar-refractivity contribution is 5.85. The zero-order valence-electron chi connectivity index (χ0n) is 11.5. The first-order chi connectivity index (χ1) is 9.15. The van der Waals surface area contributed by atoms with Crippen molar-refractivity contribution in [3.05, 3.63) is 45.2 Å². The molecule has 1 saturated heterocycles. The summed E-state index contributed by atoms with van der Waals surface area (Å²) in [6, 6.07) is 6.28. The van der Waals surface area contributed by atoms with Crippen LogP contribution < -0.4 is 10.9 Å². The van der Waals surface area contributed by atoms with Crippen LogP contribution in [0.1, 0.15) is 23.1 Å². The molecule has 1 atom stereocenters. The number of fused-ring (bicyclic) bond motifs is 1. The maximum Gasteiger partial charge on any atom is 0.251 e. The fourth-order valence-corrected chi connectivity index (χ4v) is 2.97. The van der Waals surface area contributed by atoms with Gasteiger partial charge in [0.15, 0.2) is 0 Å². The largest absolute Gasteiger partial charge is 0.321 e. The number of pyridine rings is 1. The van der Waals surface area contributed by atoms with Crippen LogP contribution in [0, 0.1) is 19.8 Å². The Bertz CT molecular complexity index is 666. The van der Waals surface area contributed by atoms with Gasteiger partial charge >= 0.3 is 0 Å². The Kier molecular flexibility index (Phi) is 3.15. The van der Waals surface area contributed by atoms with Gasteiger partial charge in [0, 0.05) is 10.9 Å². The third-order valence-corrected chi connectivity index (χ3v) is 4.19. The highest BCUT2D eigenvalue weighted by atomic mass is 16.1. The third kappa shape index (κ3) is 2.30. The maximum absolute atomic E-state index is 12.2. The van der Waals surface area contributed by atoms with E-state index >= 15 is 0 Å². The second kappa shape index (κ2) is 4.82. The van der Waals surface area contributed by atoms with Gasteiger partial charge in [-0.15, -0.1) is 0 Å². The minimum atomic E-state index is 0.0769. The second-order valence-electron chi connectivity index (χ2n) is 5.67. The summed E-state index contributed by atoms with van der Waals surface area (Å²) in [5.74, 6) is 0.601. The van der Waals surface area contributed by atoms with Gasteiger partial charge in [-0.05, 0) is 62.9 Å². The van der Waals surface area contributed by atoms with Crippen molar-refractivity contribution in [1.82, 2.24) is 10.3 Å². The van der Waals surface area contributed by atoms with Gasteiger partial charge in [0.25, 0.3) is 5.56 Å². The van der Waals surface area contributed by atoms with E-state index < -0.39 is 0 Å². The molecular formula is C16H20N2O. The summed E-state index contributed by atoms with van der Waals surface area (Å²) in [6.45, 7) is 6.25. The normalized spacial score (nSPS) is 19.2. The first-order valence-corrected chi connectivity index (χ1v) is 6.98. The predicted octanol–water partition coefficient (Wildman–Crippen LogP) is 2.30. The zero-order valence-corrected chi connectivity index (χ0v) is 11.5. The number of rotatable bonds is 2. The Balaban J connectivity index is 2.08. The molecule has 2 aromatic rings. The molecule has 1 aromatic heterocycles. The van der Waals surface area contributed by atoms with Gasteiger partial charge in [0.2, 0.25) is 0 Å². The molecule has 100 valence electrons. The average molecular weight is 256 g/mol. The number of benzene rings is 1. The smallest absolute Gasteiger partial charge is 0.251 e. The molecule has 0 radical (unpaired) electrons. The summed E-state index contributed by atoms with van der Waals surface area (Å²) in [5.41, 5.74) is 4.34. The molecule has 1 unspecified atom stereocenters. The van der Waals surface area contributed by atoms with Gasteiger partial charge in [-0.3, -0.25) is 4.79 Å². The Hall–Kier alpha value is -1.61. The van der Waals surface area contributed by atoms with Crippen molar-refractivity contribution in [2.75, 3.05) is 13.1 Å². The quantitative estimate of drug-likeness (QED) is 0.866. The first-order valence-electron chi connectivity index (χ1n) is 6.98. The lowest BCUT2D eigenvalue weighted by molar-refractivity contribution is 0.577. The van der Waals surface area contributed by atoms with Gasteiger partial charge in [-0.25, -0.2) is 0 Å². The number of aromatic nitrogens is 1. The van der Waals surface area contributed by atoms with Crippen molar-refractivity contribution in [1.29, 1.82) is 0 Å². The Morgan fingerprint density at radius 2 is 2.05 bits per heavy atom. The van der Waals surface area contributed by atoms with E-state index in [2.05, 4.69) is 35.4 Å². The van der Waals surface area contributed by atoms with E-state index in [1.54, 1.807) is 0 Å². The standard InChI is InChI=1S/C16H20N2O/c1-10-3-4-11(2)15-14(10)8-13(16(19)18-15)7-12-5-6-17-9-12/h3-4,8,12,17H,5-7,9H2,1-2H3,(H,18,19). The van der Waals surface area contributed by atoms with Crippen LogP contribution in [-0.2, 0) is 6.42 Å². The van der Waals surface area contributed by atoms with Crippen molar-refractivity contribution in [2.45, 2.75) is 26.7 Å². The lowest BCUT2D eigenvalue weighted by atomic mass is 9.97. The Morgan fingerprint density at radius 1 is 1.26 bits per heavy atom. The van der Waals surface area contributed by atoms with E-state index in [-0.39, 0.29) is 5.56 Å². The van der Waals surface area contributed by atoms with Gasteiger partial charge in [-0.1, -0.05) is 12.1 Å². The average Bonchev–Trinajstić information content (AvgIpc) is 2.89. The molecule has 1 fully saturated rings. The summed E-state index contributed by atoms with van der Waals surface area (Å²) in [5, 5.41) is 4.54. The van der Waals surface area contributed by atoms with E-state index in [0.717, 1.165) is 36.2 Å². The van der Waals surface area contributed by atoms with Crippen LogP contribution in [0.4, 0.5) is 0 Å². The lowest BCUT2D eigenvalue weighted by Crippen LogP contribution is -2.18. The van der Waals surface area contributed by atoms with Gasteiger partial charge < -0.3 is 10.3 Å². The van der Waals surface area contributed by atoms with Crippen molar-refractivity contribution in [3.8, 4) is 0 Å². The molecule has 3 rings (SSSR count). The minimum Gasteiger partial charge on any atom is -0.321 e. The number of aryl methyl sites for hydroxylation is 2. The Morgan fingerprint density at radius 3 is 2.79 bits per heavy atom. The summed E-state index contributed by atoms with van der Waals surface area (Å²) in [4.78, 5) is 15.3. The van der Waals surface area contributed by atoms with Crippen LogP contribution in [0.15, 0.2) is 23.0 Å². The number of aromatic amines is 1. The molecule has 0 saturated carbocycles. The van der Waals surface area contributed by atoms with Crippen LogP contribution in [0.3, 0.4) is 0 Å². The Labute approximate surface area is 113 Å². The summed E-state index contributed by atoms with van der Waals surface area (Å²) < 4.78 is 0. The first kappa shape index (κ1) is 12.4. The predicted molar refractivity (Wildman–Crippen MR) is 78.7 cm³/mol. The van der Waals surface area contributed by atoms with E-state index in [1.165, 1.54) is 17.4 Å². The fraction of sp³-hybridized carbons (Fsp3) is 0.438. The summed E-state index contributed by atoms with van der Waals surface area (Å²) >= 11 is 0. The zero-order chi connectivity index (χ0) is 13.4. The SMILES string of the molecule is Cc1ccc(C)c2[nH]c(=O)c(CC3CCNC3)cc12. The number of hydrogen-bond donors (Lipinski definition) is 2. The topological polar surface area (TPSA) is 44.9 Å². The lowest BCUT2D eigenvalue weighted by Gasteiger charge is -2.11. The van der Waals surface area contributed by atoms with Crippen LogP contribution in [0.5, 0.6) is 0 Å². The number of H-pyrrole nitrogens is 1. The molecule has 1 aliphatic rings. The van der Waals surface area contributed by atoms with Crippen molar-refractivity contribution < 1.29 is 0 Å². The second-order valence-corrected chi connectivity index (χ2v) is 5.67. The molecule has 1 aromatic carbocycles. The molecule has 0 amide bonds. The molecule has 3 nitrogen and oxygen atoms in total. The van der Waals surface area contributed by atoms with Crippen LogP contribution in [0.25, 0.3) is 10.9 Å². The van der Waals surface area contributed by atoms with Crippen molar-refractivity contribution >= 4 is 10.9 Å². The third-order valence-electron chi connectivity index (χ3n) is 4.19. The molecule has 0 bridgehead atoms. The van der Waals surface area contributed by atoms with Crippen molar-refractivity contribution in [2.24, 2.45) is 5.92 Å². The van der Waals surface area contributed by atoms with E-state index in [9.17, 15) is 4.79 Å². The molecule has 0 spiro atoms. The highest BCUT2D eigenvalue weighted by Crippen LogP contribution is 2.21. The van der Waals surface area contributed by atoms with Gasteiger partial charge in [0.05, 0.1) is 5.52 Å². The van der Waals surface area contributed by atoms with Crippen molar-refractivity contribution in [3.63, 3.8) is 0 Å². The summed E-state index contributed by atoms with van der Waals surface area (Å²) in [7, 11) is 0. The number of nitrogens with one attached hydrogen (secondary N) is 2. The molecule has 0 aliphatic carbocycles. The van der Waals surface area contributed by atoms with Gasteiger partial charge in [0.1, 0.15) is 0 Å². The van der Waals surface area contributed by atoms with Gasteiger partial charge in [-0.2, -0.15) is 0 Å². The molecular weight excluding hydrogens is 236 g/mol. The molecule has 2 N–H and O–H groups in total. The maximum atomic E-state index is 12.2. The number of hydrogen-bond acceptors (Lipinski definition) is 2. The van der Waals surface area contributed by atoms with Crippen LogP contribution in [0.2, 0.25) is 0 Å². The summed E-state index contributed by atoms with van der Waals surface area (Å²) in [6.07, 6.45) is 2.05. The molecule has 1 aliphatic heterocycles. The molecule has 19 heavy (non-hydrogen) atoms. The molecule has 3 heteroatoms. The van der Waals surface area contributed by atoms with E-state index in [1.807, 2.05) is 6.92 Å². The van der Waals surface area contributed by atoms with Crippen LogP contribution in [-0.4, -0.2) is 18.1 Å². The fourth-order valence-electron chi connectivity index (χ4n) is 2.97.